The average molecular weight is 267 g/mol. The number of nitrogens with zero attached hydrogens (tertiary/aromatic N) is 2. The van der Waals surface area contributed by atoms with Crippen molar-refractivity contribution in [3.8, 4) is 0 Å². The van der Waals surface area contributed by atoms with Crippen molar-refractivity contribution in [3.63, 3.8) is 0 Å². The molecule has 2 N–H and O–H groups in total. The first-order valence-electron chi connectivity index (χ1n) is 6.42. The van der Waals surface area contributed by atoms with Gasteiger partial charge in [-0.15, -0.1) is 0 Å². The molecule has 1 aromatic rings. The van der Waals surface area contributed by atoms with Crippen LogP contribution in [0.25, 0.3) is 0 Å². The summed E-state index contributed by atoms with van der Waals surface area (Å²) < 4.78 is 13.3. The number of aliphatic hydroxyl groups excluding tert-OH is 1. The minimum Gasteiger partial charge on any atom is -0.395 e. The minimum atomic E-state index is -0.542. The van der Waals surface area contributed by atoms with Crippen molar-refractivity contribution in [3.05, 3.63) is 23.6 Å². The Morgan fingerprint density at radius 3 is 2.89 bits per heavy atom. The van der Waals surface area contributed by atoms with Crippen LogP contribution in [0, 0.1) is 5.82 Å². The number of aromatic nitrogens is 1. The van der Waals surface area contributed by atoms with Crippen molar-refractivity contribution >= 4 is 11.7 Å². The Bertz CT molecular complexity index is 463. The quantitative estimate of drug-likeness (QED) is 0.842. The summed E-state index contributed by atoms with van der Waals surface area (Å²) in [5, 5.41) is 11.9. The molecule has 19 heavy (non-hydrogen) atoms. The molecule has 1 aliphatic carbocycles. The van der Waals surface area contributed by atoms with E-state index in [0.29, 0.717) is 5.82 Å². The lowest BCUT2D eigenvalue weighted by Gasteiger charge is -2.37. The number of halogens is 1. The monoisotopic (exact) mass is 267 g/mol. The van der Waals surface area contributed by atoms with Gasteiger partial charge in [-0.05, 0) is 25.3 Å². The maximum Gasteiger partial charge on any atom is 0.258 e. The number of anilines is 1. The standard InChI is InChI=1S/C13H18FN3O2/c1-15-12-11(7-9(14)8-16-12)13(19)17(5-6-18)10-3-2-4-10/h7-8,10,18H,2-6H2,1H3,(H,15,16). The summed E-state index contributed by atoms with van der Waals surface area (Å²) in [6, 6.07) is 1.33. The summed E-state index contributed by atoms with van der Waals surface area (Å²) in [5.74, 6) is -0.469. The second-order valence-corrected chi connectivity index (χ2v) is 4.61. The lowest BCUT2D eigenvalue weighted by molar-refractivity contribution is 0.0526. The highest BCUT2D eigenvalue weighted by Gasteiger charge is 2.30. The number of carbonyl (C=O) groups excluding carboxylic acids is 1. The van der Waals surface area contributed by atoms with Gasteiger partial charge in [0.05, 0.1) is 18.4 Å². The van der Waals surface area contributed by atoms with E-state index in [2.05, 4.69) is 10.3 Å². The fourth-order valence-electron chi connectivity index (χ4n) is 2.21. The molecule has 0 aliphatic heterocycles. The van der Waals surface area contributed by atoms with E-state index in [1.807, 2.05) is 0 Å². The van der Waals surface area contributed by atoms with Crippen molar-refractivity contribution in [2.45, 2.75) is 25.3 Å². The third kappa shape index (κ3) is 2.84. The molecule has 104 valence electrons. The van der Waals surface area contributed by atoms with Crippen molar-refractivity contribution in [1.82, 2.24) is 9.88 Å². The molecule has 1 aromatic heterocycles. The molecule has 1 fully saturated rings. The zero-order valence-corrected chi connectivity index (χ0v) is 10.9. The smallest absolute Gasteiger partial charge is 0.258 e. The molecule has 1 aliphatic rings. The van der Waals surface area contributed by atoms with E-state index < -0.39 is 5.82 Å². The van der Waals surface area contributed by atoms with Gasteiger partial charge in [-0.25, -0.2) is 9.37 Å². The van der Waals surface area contributed by atoms with E-state index in [1.54, 1.807) is 11.9 Å². The molecule has 1 heterocycles. The first-order chi connectivity index (χ1) is 9.17. The zero-order chi connectivity index (χ0) is 13.8. The fraction of sp³-hybridized carbons (Fsp3) is 0.538. The van der Waals surface area contributed by atoms with Crippen LogP contribution in [0.5, 0.6) is 0 Å². The van der Waals surface area contributed by atoms with Crippen LogP contribution < -0.4 is 5.32 Å². The Morgan fingerprint density at radius 1 is 1.63 bits per heavy atom. The molecule has 0 spiro atoms. The van der Waals surface area contributed by atoms with Gasteiger partial charge in [-0.1, -0.05) is 0 Å². The third-order valence-corrected chi connectivity index (χ3v) is 3.44. The topological polar surface area (TPSA) is 65.5 Å². The van der Waals surface area contributed by atoms with Gasteiger partial charge < -0.3 is 15.3 Å². The van der Waals surface area contributed by atoms with Gasteiger partial charge in [0, 0.05) is 19.6 Å². The van der Waals surface area contributed by atoms with E-state index in [4.69, 9.17) is 5.11 Å². The van der Waals surface area contributed by atoms with E-state index in [-0.39, 0.29) is 30.7 Å². The Balaban J connectivity index is 2.27. The molecule has 6 heteroatoms. The van der Waals surface area contributed by atoms with Crippen molar-refractivity contribution in [2.75, 3.05) is 25.5 Å². The van der Waals surface area contributed by atoms with Crippen LogP contribution in [0.15, 0.2) is 12.3 Å². The van der Waals surface area contributed by atoms with Crippen LogP contribution >= 0.6 is 0 Å². The molecular weight excluding hydrogens is 249 g/mol. The van der Waals surface area contributed by atoms with Gasteiger partial charge >= 0.3 is 0 Å². The molecule has 1 saturated carbocycles. The number of hydrogen-bond donors (Lipinski definition) is 2. The zero-order valence-electron chi connectivity index (χ0n) is 10.9. The number of nitrogens with one attached hydrogen (secondary N) is 1. The van der Waals surface area contributed by atoms with Crippen molar-refractivity contribution < 1.29 is 14.3 Å². The van der Waals surface area contributed by atoms with Gasteiger partial charge in [-0.2, -0.15) is 0 Å². The third-order valence-electron chi connectivity index (χ3n) is 3.44. The molecule has 0 bridgehead atoms. The second-order valence-electron chi connectivity index (χ2n) is 4.61. The Hall–Kier alpha value is -1.69. The van der Waals surface area contributed by atoms with Crippen LogP contribution in [0.2, 0.25) is 0 Å². The van der Waals surface area contributed by atoms with Crippen LogP contribution in [-0.2, 0) is 0 Å². The summed E-state index contributed by atoms with van der Waals surface area (Å²) in [5.41, 5.74) is 0.211. The lowest BCUT2D eigenvalue weighted by Crippen LogP contribution is -2.45. The number of amides is 1. The van der Waals surface area contributed by atoms with Gasteiger partial charge in [-0.3, -0.25) is 4.79 Å². The van der Waals surface area contributed by atoms with Crippen molar-refractivity contribution in [1.29, 1.82) is 0 Å². The number of rotatable bonds is 5. The van der Waals surface area contributed by atoms with Gasteiger partial charge in [0.2, 0.25) is 0 Å². The Kier molecular flexibility index (Phi) is 4.31. The molecule has 0 saturated heterocycles. The summed E-state index contributed by atoms with van der Waals surface area (Å²) >= 11 is 0. The largest absolute Gasteiger partial charge is 0.395 e. The highest BCUT2D eigenvalue weighted by atomic mass is 19.1. The number of pyridine rings is 1. The number of carbonyl (C=O) groups is 1. The molecule has 1 amide bonds. The van der Waals surface area contributed by atoms with Gasteiger partial charge in [0.25, 0.3) is 5.91 Å². The molecule has 5 nitrogen and oxygen atoms in total. The van der Waals surface area contributed by atoms with Gasteiger partial charge in [0.1, 0.15) is 11.6 Å². The number of aliphatic hydroxyl groups is 1. The Labute approximate surface area is 111 Å². The molecule has 2 rings (SSSR count). The maximum absolute atomic E-state index is 13.3. The molecule has 0 atom stereocenters. The number of hydrogen-bond acceptors (Lipinski definition) is 4. The van der Waals surface area contributed by atoms with E-state index >= 15 is 0 Å². The predicted molar refractivity (Wildman–Crippen MR) is 69.5 cm³/mol. The van der Waals surface area contributed by atoms with Crippen LogP contribution in [0.1, 0.15) is 29.6 Å². The molecular formula is C13H18FN3O2. The average Bonchev–Trinajstić information content (AvgIpc) is 2.35. The lowest BCUT2D eigenvalue weighted by atomic mass is 9.91. The predicted octanol–water partition coefficient (Wildman–Crippen LogP) is 1.25. The molecule has 0 radical (unpaired) electrons. The van der Waals surface area contributed by atoms with E-state index in [0.717, 1.165) is 25.5 Å². The normalized spacial score (nSPS) is 14.9. The Morgan fingerprint density at radius 2 is 2.37 bits per heavy atom. The minimum absolute atomic E-state index is 0.0974. The highest BCUT2D eigenvalue weighted by molar-refractivity contribution is 5.99. The first kappa shape index (κ1) is 13.7. The van der Waals surface area contributed by atoms with Gasteiger partial charge in [0.15, 0.2) is 0 Å². The maximum atomic E-state index is 13.3. The van der Waals surface area contributed by atoms with E-state index in [9.17, 15) is 9.18 Å². The SMILES string of the molecule is CNc1ncc(F)cc1C(=O)N(CCO)C1CCC1. The summed E-state index contributed by atoms with van der Waals surface area (Å²) in [6.45, 7) is 0.170. The van der Waals surface area contributed by atoms with E-state index in [1.165, 1.54) is 6.07 Å². The van der Waals surface area contributed by atoms with Crippen LogP contribution in [-0.4, -0.2) is 47.1 Å². The molecule has 0 unspecified atom stereocenters. The summed E-state index contributed by atoms with van der Waals surface area (Å²) in [4.78, 5) is 17.9. The summed E-state index contributed by atoms with van der Waals surface area (Å²) in [6.07, 6.45) is 4.02. The first-order valence-corrected chi connectivity index (χ1v) is 6.42. The van der Waals surface area contributed by atoms with Crippen LogP contribution in [0.3, 0.4) is 0 Å². The molecule has 0 aromatic carbocycles. The summed E-state index contributed by atoms with van der Waals surface area (Å²) in [7, 11) is 1.64. The van der Waals surface area contributed by atoms with Crippen molar-refractivity contribution in [2.24, 2.45) is 0 Å². The fourth-order valence-corrected chi connectivity index (χ4v) is 2.21. The van der Waals surface area contributed by atoms with Crippen LogP contribution in [0.4, 0.5) is 10.2 Å². The highest BCUT2D eigenvalue weighted by Crippen LogP contribution is 2.27. The second kappa shape index (κ2) is 5.97.